The fraction of sp³-hybridized carbons (Fsp3) is 0.0714. The minimum absolute atomic E-state index is 0.171. The molecule has 4 N–H and O–H groups in total. The number of fused-ring (bicyclic) bond motifs is 2. The Kier molecular flexibility index (Phi) is 2.23. The van der Waals surface area contributed by atoms with E-state index in [4.69, 9.17) is 11.5 Å². The molecule has 0 radical (unpaired) electrons. The third-order valence-electron chi connectivity index (χ3n) is 3.22. The molecule has 0 spiro atoms. The van der Waals surface area contributed by atoms with Crippen LogP contribution in [0.2, 0.25) is 0 Å². The first kappa shape index (κ1) is 10.4. The Bertz CT molecular complexity index is 579. The summed E-state index contributed by atoms with van der Waals surface area (Å²) in [7, 11) is -0.171. The molecule has 0 bridgehead atoms. The fourth-order valence-corrected chi connectivity index (χ4v) is 4.00. The van der Waals surface area contributed by atoms with Crippen molar-refractivity contribution in [2.45, 2.75) is 16.2 Å². The number of hydrogen-bond acceptors (Lipinski definition) is 2. The normalized spacial score (nSPS) is 14.1. The van der Waals surface area contributed by atoms with E-state index in [1.54, 1.807) is 0 Å². The van der Waals surface area contributed by atoms with E-state index in [0.717, 1.165) is 17.8 Å². The van der Waals surface area contributed by atoms with Crippen LogP contribution in [0.5, 0.6) is 0 Å². The highest BCUT2D eigenvalue weighted by atomic mass is 32.2. The second-order valence-corrected chi connectivity index (χ2v) is 5.88. The lowest BCUT2D eigenvalue weighted by atomic mass is 10.0. The van der Waals surface area contributed by atoms with Crippen LogP contribution in [0.25, 0.3) is 0 Å². The van der Waals surface area contributed by atoms with Gasteiger partial charge in [-0.15, -0.1) is 10.5 Å². The molecule has 2 aromatic carbocycles. The molecule has 17 heavy (non-hydrogen) atoms. The summed E-state index contributed by atoms with van der Waals surface area (Å²) in [5.74, 6) is 4.28. The van der Waals surface area contributed by atoms with E-state index in [2.05, 4.69) is 18.0 Å². The van der Waals surface area contributed by atoms with Crippen molar-refractivity contribution in [2.75, 3.05) is 11.5 Å². The van der Waals surface area contributed by atoms with E-state index in [1.807, 2.05) is 24.3 Å². The zero-order valence-corrected chi connectivity index (χ0v) is 10.3. The summed E-state index contributed by atoms with van der Waals surface area (Å²) in [5, 5.41) is 0. The molecule has 0 amide bonds. The molecule has 1 heterocycles. The van der Waals surface area contributed by atoms with Crippen LogP contribution in [0.4, 0.5) is 11.4 Å². The van der Waals surface area contributed by atoms with E-state index < -0.39 is 0 Å². The Hall–Kier alpha value is -1.74. The van der Waals surface area contributed by atoms with Crippen molar-refractivity contribution in [3.63, 3.8) is 0 Å². The van der Waals surface area contributed by atoms with Gasteiger partial charge in [0.25, 0.3) is 0 Å². The second kappa shape index (κ2) is 3.64. The molecule has 0 fully saturated rings. The van der Waals surface area contributed by atoms with E-state index in [-0.39, 0.29) is 10.5 Å². The molecule has 1 aliphatic rings. The Morgan fingerprint density at radius 2 is 1.35 bits per heavy atom. The third kappa shape index (κ3) is 1.46. The monoisotopic (exact) mass is 242 g/mol. The van der Waals surface area contributed by atoms with Crippen molar-refractivity contribution in [3.8, 4) is 0 Å². The molecule has 0 atom stereocenters. The van der Waals surface area contributed by atoms with E-state index >= 15 is 0 Å². The van der Waals surface area contributed by atoms with Crippen molar-refractivity contribution in [3.05, 3.63) is 47.5 Å². The van der Waals surface area contributed by atoms with Gasteiger partial charge in [0.2, 0.25) is 0 Å². The largest absolute Gasteiger partial charge is 0.398 e. The highest BCUT2D eigenvalue weighted by Gasteiger charge is 2.20. The molecule has 0 aliphatic carbocycles. The number of anilines is 2. The van der Waals surface area contributed by atoms with Crippen LogP contribution in [0, 0.1) is 0 Å². The average molecular weight is 242 g/mol. The molecule has 0 aromatic heterocycles. The highest BCUT2D eigenvalue weighted by molar-refractivity contribution is 8.14. The summed E-state index contributed by atoms with van der Waals surface area (Å²) >= 11 is 0. The summed E-state index contributed by atoms with van der Waals surface area (Å²) < 4.78 is 0. The smallest absolute Gasteiger partial charge is 0.0361 e. The molecule has 0 saturated heterocycles. The molecule has 3 heteroatoms. The average Bonchev–Trinajstić information content (AvgIpc) is 2.32. The fourth-order valence-electron chi connectivity index (χ4n) is 2.30. The van der Waals surface area contributed by atoms with Crippen LogP contribution >= 0.6 is 10.5 Å². The molecule has 2 nitrogen and oxygen atoms in total. The van der Waals surface area contributed by atoms with E-state index in [9.17, 15) is 0 Å². The lowest BCUT2D eigenvalue weighted by Gasteiger charge is -2.24. The van der Waals surface area contributed by atoms with Crippen LogP contribution in [0.1, 0.15) is 11.1 Å². The Morgan fingerprint density at radius 3 is 1.82 bits per heavy atom. The Balaban J connectivity index is 2.29. The molecular weight excluding hydrogens is 228 g/mol. The van der Waals surface area contributed by atoms with Crippen molar-refractivity contribution in [1.82, 2.24) is 0 Å². The van der Waals surface area contributed by atoms with Gasteiger partial charge >= 0.3 is 0 Å². The zero-order valence-electron chi connectivity index (χ0n) is 9.44. The van der Waals surface area contributed by atoms with Crippen LogP contribution in [-0.4, -0.2) is 5.87 Å². The molecule has 1 aliphatic heterocycles. The van der Waals surface area contributed by atoms with Gasteiger partial charge in [0.1, 0.15) is 0 Å². The van der Waals surface area contributed by atoms with Gasteiger partial charge in [0.15, 0.2) is 0 Å². The third-order valence-corrected chi connectivity index (χ3v) is 5.05. The van der Waals surface area contributed by atoms with Crippen molar-refractivity contribution < 1.29 is 0 Å². The van der Waals surface area contributed by atoms with Gasteiger partial charge in [0.05, 0.1) is 0 Å². The highest BCUT2D eigenvalue weighted by Crippen LogP contribution is 2.46. The molecule has 86 valence electrons. The summed E-state index contributed by atoms with van der Waals surface area (Å²) in [4.78, 5) is 2.51. The summed E-state index contributed by atoms with van der Waals surface area (Å²) in [6.45, 7) is 0. The topological polar surface area (TPSA) is 52.0 Å². The minimum Gasteiger partial charge on any atom is -0.398 e. The zero-order chi connectivity index (χ0) is 12.0. The first-order valence-corrected chi connectivity index (χ1v) is 6.86. The van der Waals surface area contributed by atoms with Crippen LogP contribution in [0.3, 0.4) is 0 Å². The molecule has 0 unspecified atom stereocenters. The van der Waals surface area contributed by atoms with E-state index in [0.29, 0.717) is 0 Å². The quantitative estimate of drug-likeness (QED) is 0.470. The summed E-state index contributed by atoms with van der Waals surface area (Å²) in [5.41, 5.74) is 16.2. The summed E-state index contributed by atoms with van der Waals surface area (Å²) in [6.07, 6.45) is 0.822. The maximum Gasteiger partial charge on any atom is 0.0361 e. The van der Waals surface area contributed by atoms with Crippen LogP contribution in [-0.2, 0) is 6.42 Å². The van der Waals surface area contributed by atoms with Gasteiger partial charge < -0.3 is 11.5 Å². The summed E-state index contributed by atoms with van der Waals surface area (Å²) in [6, 6.07) is 12.1. The number of benzene rings is 2. The molecule has 3 rings (SSSR count). The molecule has 0 saturated carbocycles. The maximum absolute atomic E-state index is 6.05. The predicted molar refractivity (Wildman–Crippen MR) is 75.8 cm³/mol. The van der Waals surface area contributed by atoms with E-state index in [1.165, 1.54) is 20.9 Å². The predicted octanol–water partition coefficient (Wildman–Crippen LogP) is 2.87. The first-order valence-electron chi connectivity index (χ1n) is 5.47. The lowest BCUT2D eigenvalue weighted by molar-refractivity contribution is 1.06. The standard InChI is InChI=1S/C14H14N2S/c1-17-13-6-2-4-11(15)9(13)8-10-12(16)5-3-7-14(10)17/h2-7H,1,8,15-16H2. The van der Waals surface area contributed by atoms with Crippen molar-refractivity contribution in [1.29, 1.82) is 0 Å². The minimum atomic E-state index is -0.171. The van der Waals surface area contributed by atoms with Gasteiger partial charge in [-0.1, -0.05) is 18.0 Å². The molecule has 2 aromatic rings. The van der Waals surface area contributed by atoms with Crippen LogP contribution < -0.4 is 11.5 Å². The van der Waals surface area contributed by atoms with Gasteiger partial charge in [-0.3, -0.25) is 0 Å². The Labute approximate surface area is 103 Å². The lowest BCUT2D eigenvalue weighted by Crippen LogP contribution is -2.07. The number of nitrogen functional groups attached to an aromatic ring is 2. The first-order chi connectivity index (χ1) is 8.18. The number of rotatable bonds is 0. The second-order valence-electron chi connectivity index (χ2n) is 4.22. The van der Waals surface area contributed by atoms with Crippen molar-refractivity contribution >= 4 is 27.7 Å². The number of nitrogens with two attached hydrogens (primary N) is 2. The van der Waals surface area contributed by atoms with Crippen LogP contribution in [0.15, 0.2) is 46.2 Å². The SMILES string of the molecule is C=S1c2cccc(N)c2Cc2c(N)cccc21. The van der Waals surface area contributed by atoms with Gasteiger partial charge in [-0.25, -0.2) is 0 Å². The maximum atomic E-state index is 6.05. The van der Waals surface area contributed by atoms with Gasteiger partial charge in [-0.2, -0.15) is 0 Å². The molecular formula is C14H14N2S. The Morgan fingerprint density at radius 1 is 0.882 bits per heavy atom. The van der Waals surface area contributed by atoms with Gasteiger partial charge in [-0.05, 0) is 35.4 Å². The number of hydrogen-bond donors (Lipinski definition) is 2. The van der Waals surface area contributed by atoms with Crippen molar-refractivity contribution in [2.24, 2.45) is 0 Å². The van der Waals surface area contributed by atoms with Gasteiger partial charge in [0, 0.05) is 27.6 Å².